The Hall–Kier alpha value is -0.570. The summed E-state index contributed by atoms with van der Waals surface area (Å²) >= 11 is 0. The summed E-state index contributed by atoms with van der Waals surface area (Å²) in [6.07, 6.45) is 5.23. The van der Waals surface area contributed by atoms with Crippen LogP contribution in [0.3, 0.4) is 0 Å². The number of rotatable bonds is 6. The van der Waals surface area contributed by atoms with Gasteiger partial charge in [0, 0.05) is 19.0 Å². The molecule has 1 amide bonds. The normalized spacial score (nSPS) is 18.7. The molecule has 0 aliphatic carbocycles. The van der Waals surface area contributed by atoms with Crippen LogP contribution in [0.2, 0.25) is 0 Å². The second-order valence-corrected chi connectivity index (χ2v) is 4.50. The van der Waals surface area contributed by atoms with E-state index in [2.05, 4.69) is 13.8 Å². The van der Waals surface area contributed by atoms with Crippen LogP contribution in [0.4, 0.5) is 0 Å². The molecule has 1 atom stereocenters. The fourth-order valence-corrected chi connectivity index (χ4v) is 2.04. The zero-order valence-corrected chi connectivity index (χ0v) is 9.91. The van der Waals surface area contributed by atoms with Crippen molar-refractivity contribution in [2.45, 2.75) is 52.1 Å². The molecule has 1 saturated heterocycles. The van der Waals surface area contributed by atoms with Crippen molar-refractivity contribution < 1.29 is 9.90 Å². The van der Waals surface area contributed by atoms with Crippen molar-refractivity contribution in [1.29, 1.82) is 0 Å². The molecule has 1 aliphatic rings. The summed E-state index contributed by atoms with van der Waals surface area (Å²) in [5.74, 6) is 0.433. The summed E-state index contributed by atoms with van der Waals surface area (Å²) in [5, 5.41) is 9.14. The van der Waals surface area contributed by atoms with Gasteiger partial charge in [-0.25, -0.2) is 0 Å². The molecule has 0 radical (unpaired) electrons. The lowest BCUT2D eigenvalue weighted by Crippen LogP contribution is -2.55. The maximum atomic E-state index is 11.9. The molecular formula is C12H23NO2. The third-order valence-corrected chi connectivity index (χ3v) is 3.17. The first-order valence-corrected chi connectivity index (χ1v) is 6.15. The van der Waals surface area contributed by atoms with Crippen LogP contribution in [0.25, 0.3) is 0 Å². The highest BCUT2D eigenvalue weighted by Gasteiger charge is 2.32. The van der Waals surface area contributed by atoms with Crippen molar-refractivity contribution in [3.8, 4) is 0 Å². The fraction of sp³-hybridized carbons (Fsp3) is 0.917. The van der Waals surface area contributed by atoms with E-state index in [1.165, 1.54) is 12.8 Å². The Balaban J connectivity index is 2.27. The lowest BCUT2D eigenvalue weighted by atomic mass is 9.95. The second kappa shape index (κ2) is 6.11. The van der Waals surface area contributed by atoms with Gasteiger partial charge >= 0.3 is 0 Å². The average Bonchev–Trinajstić information content (AvgIpc) is 2.19. The molecule has 1 heterocycles. The molecule has 15 heavy (non-hydrogen) atoms. The monoisotopic (exact) mass is 213 g/mol. The van der Waals surface area contributed by atoms with Gasteiger partial charge in [-0.05, 0) is 12.8 Å². The van der Waals surface area contributed by atoms with Gasteiger partial charge in [0.1, 0.15) is 0 Å². The van der Waals surface area contributed by atoms with Crippen LogP contribution in [0.15, 0.2) is 0 Å². The zero-order valence-electron chi connectivity index (χ0n) is 9.91. The van der Waals surface area contributed by atoms with E-state index in [1.807, 2.05) is 0 Å². The molecule has 0 aromatic rings. The van der Waals surface area contributed by atoms with Crippen molar-refractivity contribution >= 4 is 5.91 Å². The quantitative estimate of drug-likeness (QED) is 0.683. The third kappa shape index (κ3) is 3.49. The first-order valence-electron chi connectivity index (χ1n) is 6.15. The van der Waals surface area contributed by atoms with Crippen molar-refractivity contribution in [1.82, 2.24) is 4.90 Å². The number of carbonyl (C=O) groups is 1. The standard InChI is InChI=1S/C12H23NO2/c1-3-5-6-7-10(4-2)12(15)13-8-11(14)9-13/h10-11,14H,3-9H2,1-2H3. The van der Waals surface area contributed by atoms with Gasteiger partial charge in [-0.1, -0.05) is 33.1 Å². The van der Waals surface area contributed by atoms with E-state index in [-0.39, 0.29) is 17.9 Å². The molecule has 0 saturated carbocycles. The molecule has 1 unspecified atom stereocenters. The van der Waals surface area contributed by atoms with E-state index < -0.39 is 0 Å². The predicted molar refractivity (Wildman–Crippen MR) is 60.5 cm³/mol. The average molecular weight is 213 g/mol. The number of likely N-dealkylation sites (tertiary alicyclic amines) is 1. The highest BCUT2D eigenvalue weighted by atomic mass is 16.3. The van der Waals surface area contributed by atoms with Crippen LogP contribution in [-0.4, -0.2) is 35.1 Å². The van der Waals surface area contributed by atoms with Crippen molar-refractivity contribution in [3.63, 3.8) is 0 Å². The maximum Gasteiger partial charge on any atom is 0.225 e. The third-order valence-electron chi connectivity index (χ3n) is 3.17. The van der Waals surface area contributed by atoms with Crippen molar-refractivity contribution in [3.05, 3.63) is 0 Å². The van der Waals surface area contributed by atoms with Gasteiger partial charge in [0.15, 0.2) is 0 Å². The molecule has 3 nitrogen and oxygen atoms in total. The number of nitrogens with zero attached hydrogens (tertiary/aromatic N) is 1. The second-order valence-electron chi connectivity index (χ2n) is 4.50. The van der Waals surface area contributed by atoms with Crippen molar-refractivity contribution in [2.24, 2.45) is 5.92 Å². The number of amides is 1. The first-order chi connectivity index (χ1) is 7.19. The number of aliphatic hydroxyl groups is 1. The minimum Gasteiger partial charge on any atom is -0.389 e. The Morgan fingerprint density at radius 3 is 2.53 bits per heavy atom. The smallest absolute Gasteiger partial charge is 0.225 e. The summed E-state index contributed by atoms with van der Waals surface area (Å²) in [7, 11) is 0. The zero-order chi connectivity index (χ0) is 11.3. The highest BCUT2D eigenvalue weighted by molar-refractivity contribution is 5.79. The molecule has 0 aromatic carbocycles. The van der Waals surface area contributed by atoms with E-state index in [0.717, 1.165) is 19.3 Å². The van der Waals surface area contributed by atoms with Gasteiger partial charge < -0.3 is 10.0 Å². The minimum atomic E-state index is -0.276. The summed E-state index contributed by atoms with van der Waals surface area (Å²) in [6, 6.07) is 0. The summed E-state index contributed by atoms with van der Waals surface area (Å²) in [6.45, 7) is 5.34. The van der Waals surface area contributed by atoms with Crippen LogP contribution in [0.1, 0.15) is 46.0 Å². The van der Waals surface area contributed by atoms with Crippen LogP contribution in [0.5, 0.6) is 0 Å². The lowest BCUT2D eigenvalue weighted by Gasteiger charge is -2.38. The topological polar surface area (TPSA) is 40.5 Å². The van der Waals surface area contributed by atoms with Crippen LogP contribution in [-0.2, 0) is 4.79 Å². The van der Waals surface area contributed by atoms with Crippen molar-refractivity contribution in [2.75, 3.05) is 13.1 Å². The summed E-state index contributed by atoms with van der Waals surface area (Å²) < 4.78 is 0. The Kier molecular flexibility index (Phi) is 5.09. The summed E-state index contributed by atoms with van der Waals surface area (Å²) in [4.78, 5) is 13.7. The molecule has 1 N–H and O–H groups in total. The highest BCUT2D eigenvalue weighted by Crippen LogP contribution is 2.20. The molecule has 1 rings (SSSR count). The molecule has 0 bridgehead atoms. The van der Waals surface area contributed by atoms with Gasteiger partial charge in [0.25, 0.3) is 0 Å². The predicted octanol–water partition coefficient (Wildman–Crippen LogP) is 1.80. The molecule has 88 valence electrons. The lowest BCUT2D eigenvalue weighted by molar-refractivity contribution is -0.146. The van der Waals surface area contributed by atoms with E-state index in [0.29, 0.717) is 13.1 Å². The first kappa shape index (κ1) is 12.5. The van der Waals surface area contributed by atoms with Gasteiger partial charge in [0.2, 0.25) is 5.91 Å². The molecule has 3 heteroatoms. The number of carbonyl (C=O) groups excluding carboxylic acids is 1. The van der Waals surface area contributed by atoms with Gasteiger partial charge in [-0.3, -0.25) is 4.79 Å². The largest absolute Gasteiger partial charge is 0.389 e. The maximum absolute atomic E-state index is 11.9. The Labute approximate surface area is 92.5 Å². The van der Waals surface area contributed by atoms with E-state index in [1.54, 1.807) is 4.90 Å². The number of hydrogen-bond donors (Lipinski definition) is 1. The molecular weight excluding hydrogens is 190 g/mol. The molecule has 1 fully saturated rings. The molecule has 0 aromatic heterocycles. The number of aliphatic hydroxyl groups excluding tert-OH is 1. The number of β-amino-alcohol motifs (C(OH)–C–C–N with tert-alkyl or cyclic N) is 1. The van der Waals surface area contributed by atoms with Crippen LogP contribution < -0.4 is 0 Å². The molecule has 0 spiro atoms. The Bertz CT molecular complexity index is 200. The van der Waals surface area contributed by atoms with Crippen LogP contribution >= 0.6 is 0 Å². The van der Waals surface area contributed by atoms with E-state index >= 15 is 0 Å². The Morgan fingerprint density at radius 1 is 1.40 bits per heavy atom. The summed E-state index contributed by atoms with van der Waals surface area (Å²) in [5.41, 5.74) is 0. The van der Waals surface area contributed by atoms with E-state index in [9.17, 15) is 4.79 Å². The number of hydrogen-bond acceptors (Lipinski definition) is 2. The minimum absolute atomic E-state index is 0.184. The Morgan fingerprint density at radius 2 is 2.07 bits per heavy atom. The SMILES string of the molecule is CCCCCC(CC)C(=O)N1CC(O)C1. The van der Waals surface area contributed by atoms with Gasteiger partial charge in [-0.15, -0.1) is 0 Å². The fourth-order valence-electron chi connectivity index (χ4n) is 2.04. The van der Waals surface area contributed by atoms with E-state index in [4.69, 9.17) is 5.11 Å². The number of unbranched alkanes of at least 4 members (excludes halogenated alkanes) is 2. The van der Waals surface area contributed by atoms with Gasteiger partial charge in [0.05, 0.1) is 6.10 Å². The van der Waals surface area contributed by atoms with Gasteiger partial charge in [-0.2, -0.15) is 0 Å². The van der Waals surface area contributed by atoms with Crippen LogP contribution in [0, 0.1) is 5.92 Å². The molecule has 1 aliphatic heterocycles.